The van der Waals surface area contributed by atoms with E-state index in [1.54, 1.807) is 6.92 Å². The minimum atomic E-state index is -0.918. The normalized spacial score (nSPS) is 17.5. The van der Waals surface area contributed by atoms with Crippen LogP contribution in [-0.4, -0.2) is 47.4 Å². The van der Waals surface area contributed by atoms with Gasteiger partial charge in [-0.15, -0.1) is 0 Å². The summed E-state index contributed by atoms with van der Waals surface area (Å²) in [7, 11) is 0. The number of rotatable bonds is 8. The van der Waals surface area contributed by atoms with Crippen LogP contribution in [0.2, 0.25) is 0 Å². The van der Waals surface area contributed by atoms with E-state index in [0.29, 0.717) is 13.0 Å². The van der Waals surface area contributed by atoms with Gasteiger partial charge in [-0.1, -0.05) is 39.5 Å². The summed E-state index contributed by atoms with van der Waals surface area (Å²) < 4.78 is 5.93. The highest BCUT2D eigenvalue weighted by Crippen LogP contribution is 2.15. The molecule has 0 radical (unpaired) electrons. The molecule has 0 fully saturated rings. The Morgan fingerprint density at radius 1 is 1.00 bits per heavy atom. The van der Waals surface area contributed by atoms with Crippen molar-refractivity contribution >= 4 is 0 Å². The molecule has 0 amide bonds. The van der Waals surface area contributed by atoms with Gasteiger partial charge in [0.25, 0.3) is 0 Å². The van der Waals surface area contributed by atoms with Crippen molar-refractivity contribution in [2.45, 2.75) is 65.6 Å². The van der Waals surface area contributed by atoms with Crippen LogP contribution >= 0.6 is 0 Å². The van der Waals surface area contributed by atoms with Crippen molar-refractivity contribution in [1.29, 1.82) is 0 Å². The molecular weight excluding hydrogens is 238 g/mol. The van der Waals surface area contributed by atoms with Crippen LogP contribution in [0.1, 0.15) is 54.4 Å². The van der Waals surface area contributed by atoms with Gasteiger partial charge >= 0.3 is 0 Å². The highest BCUT2D eigenvalue weighted by atomic mass is 16.5. The van der Waals surface area contributed by atoms with Crippen LogP contribution in [0.3, 0.4) is 0 Å². The lowest BCUT2D eigenvalue weighted by Crippen LogP contribution is -2.33. The molecule has 112 valence electrons. The molecule has 0 rings (SSSR count). The fourth-order valence-corrected chi connectivity index (χ4v) is 1.52. The van der Waals surface area contributed by atoms with Gasteiger partial charge in [0.1, 0.15) is 11.2 Å². The summed E-state index contributed by atoms with van der Waals surface area (Å²) in [4.78, 5) is 2.33. The molecule has 0 aliphatic rings. The first-order chi connectivity index (χ1) is 8.82. The van der Waals surface area contributed by atoms with Gasteiger partial charge in [-0.2, -0.15) is 0 Å². The van der Waals surface area contributed by atoms with E-state index in [1.807, 2.05) is 13.8 Å². The molecule has 3 nitrogen and oxygen atoms in total. The van der Waals surface area contributed by atoms with E-state index in [4.69, 9.17) is 4.74 Å². The van der Waals surface area contributed by atoms with E-state index < -0.39 is 11.2 Å². The fraction of sp³-hybridized carbons (Fsp3) is 0.875. The van der Waals surface area contributed by atoms with Crippen LogP contribution in [0.15, 0.2) is 0 Å². The minimum Gasteiger partial charge on any atom is -0.378 e. The third kappa shape index (κ3) is 7.57. The maximum atomic E-state index is 9.93. The zero-order chi connectivity index (χ0) is 14.9. The maximum Gasteiger partial charge on any atom is 0.125 e. The smallest absolute Gasteiger partial charge is 0.125 e. The van der Waals surface area contributed by atoms with Gasteiger partial charge in [0, 0.05) is 6.54 Å². The van der Waals surface area contributed by atoms with Crippen molar-refractivity contribution in [3.63, 3.8) is 0 Å². The highest BCUT2D eigenvalue weighted by Gasteiger charge is 2.21. The first-order valence-corrected chi connectivity index (χ1v) is 7.45. The quantitative estimate of drug-likeness (QED) is 0.688. The Balaban J connectivity index is 4.46. The van der Waals surface area contributed by atoms with Gasteiger partial charge < -0.3 is 14.7 Å². The van der Waals surface area contributed by atoms with Crippen molar-refractivity contribution in [3.8, 4) is 11.8 Å². The lowest BCUT2D eigenvalue weighted by atomic mass is 9.99. The molecule has 0 aromatic carbocycles. The van der Waals surface area contributed by atoms with Crippen molar-refractivity contribution in [2.75, 3.05) is 26.2 Å². The van der Waals surface area contributed by atoms with Crippen LogP contribution in [0.4, 0.5) is 0 Å². The summed E-state index contributed by atoms with van der Waals surface area (Å²) in [6.07, 6.45) is 1.44. The summed E-state index contributed by atoms with van der Waals surface area (Å²) in [6, 6.07) is 0. The predicted molar refractivity (Wildman–Crippen MR) is 81.1 cm³/mol. The molecule has 0 aliphatic carbocycles. The van der Waals surface area contributed by atoms with Gasteiger partial charge in [0.15, 0.2) is 0 Å². The molecule has 0 saturated heterocycles. The van der Waals surface area contributed by atoms with Crippen molar-refractivity contribution in [2.24, 2.45) is 0 Å². The van der Waals surface area contributed by atoms with Crippen molar-refractivity contribution < 1.29 is 9.84 Å². The molecule has 0 heterocycles. The number of nitrogens with zero attached hydrogens (tertiary/aromatic N) is 1. The monoisotopic (exact) mass is 269 g/mol. The lowest BCUT2D eigenvalue weighted by Gasteiger charge is -2.26. The molecule has 3 heteroatoms. The zero-order valence-electron chi connectivity index (χ0n) is 13.5. The van der Waals surface area contributed by atoms with E-state index >= 15 is 0 Å². The number of hydrogen-bond donors (Lipinski definition) is 1. The zero-order valence-corrected chi connectivity index (χ0v) is 13.5. The Hall–Kier alpha value is -0.560. The van der Waals surface area contributed by atoms with Gasteiger partial charge in [-0.3, -0.25) is 0 Å². The van der Waals surface area contributed by atoms with Gasteiger partial charge in [0.2, 0.25) is 0 Å². The second kappa shape index (κ2) is 8.58. The van der Waals surface area contributed by atoms with Crippen LogP contribution in [0, 0.1) is 11.8 Å². The van der Waals surface area contributed by atoms with E-state index in [1.165, 1.54) is 0 Å². The molecule has 0 saturated carbocycles. The first-order valence-electron chi connectivity index (χ1n) is 7.45. The summed E-state index contributed by atoms with van der Waals surface area (Å²) in [6.45, 7) is 15.7. The molecule has 0 aliphatic heterocycles. The summed E-state index contributed by atoms with van der Waals surface area (Å²) in [5.74, 6) is 6.04. The molecule has 2 unspecified atom stereocenters. The average molecular weight is 269 g/mol. The van der Waals surface area contributed by atoms with Crippen LogP contribution in [-0.2, 0) is 4.74 Å². The van der Waals surface area contributed by atoms with Crippen molar-refractivity contribution in [3.05, 3.63) is 0 Å². The maximum absolute atomic E-state index is 9.93. The minimum absolute atomic E-state index is 0.466. The number of likely N-dealkylation sites (N-methyl/N-ethyl adjacent to an activating group) is 1. The van der Waals surface area contributed by atoms with E-state index in [-0.39, 0.29) is 0 Å². The van der Waals surface area contributed by atoms with Crippen LogP contribution in [0.25, 0.3) is 0 Å². The molecule has 0 aromatic rings. The Labute approximate surface area is 119 Å². The van der Waals surface area contributed by atoms with Crippen LogP contribution in [0.5, 0.6) is 0 Å². The molecule has 19 heavy (non-hydrogen) atoms. The van der Waals surface area contributed by atoms with E-state index in [9.17, 15) is 5.11 Å². The third-order valence-electron chi connectivity index (χ3n) is 3.68. The van der Waals surface area contributed by atoms with Gasteiger partial charge in [0.05, 0.1) is 6.61 Å². The average Bonchev–Trinajstić information content (AvgIpc) is 2.41. The fourth-order valence-electron chi connectivity index (χ4n) is 1.52. The summed E-state index contributed by atoms with van der Waals surface area (Å²) in [5.41, 5.74) is -1.38. The topological polar surface area (TPSA) is 32.7 Å². The SMILES string of the molecule is CCN(CC)CCOC(C)(C#CC(C)(O)CC)CC. The standard InChI is InChI=1S/C16H31NO2/c1-7-15(5,18)11-12-16(6,8-2)19-14-13-17(9-3)10-4/h18H,7-10,13-14H2,1-6H3. The van der Waals surface area contributed by atoms with Gasteiger partial charge in [-0.25, -0.2) is 0 Å². The van der Waals surface area contributed by atoms with Crippen LogP contribution < -0.4 is 0 Å². The Kier molecular flexibility index (Phi) is 8.33. The predicted octanol–water partition coefficient (Wildman–Crippen LogP) is 2.68. The Bertz CT molecular complexity index is 300. The molecule has 1 N–H and O–H groups in total. The molecule has 0 bridgehead atoms. The summed E-state index contributed by atoms with van der Waals surface area (Å²) in [5, 5.41) is 9.93. The second-order valence-corrected chi connectivity index (χ2v) is 5.34. The Morgan fingerprint density at radius 2 is 1.58 bits per heavy atom. The lowest BCUT2D eigenvalue weighted by molar-refractivity contribution is -0.000615. The molecule has 0 spiro atoms. The third-order valence-corrected chi connectivity index (χ3v) is 3.68. The van der Waals surface area contributed by atoms with Crippen molar-refractivity contribution in [1.82, 2.24) is 4.90 Å². The second-order valence-electron chi connectivity index (χ2n) is 5.34. The van der Waals surface area contributed by atoms with Gasteiger partial charge in [-0.05, 0) is 39.8 Å². The highest BCUT2D eigenvalue weighted by molar-refractivity contribution is 5.19. The van der Waals surface area contributed by atoms with E-state index in [2.05, 4.69) is 37.5 Å². The molecule has 2 atom stereocenters. The largest absolute Gasteiger partial charge is 0.378 e. The number of aliphatic hydroxyl groups is 1. The number of hydrogen-bond acceptors (Lipinski definition) is 3. The first kappa shape index (κ1) is 18.4. The van der Waals surface area contributed by atoms with E-state index in [0.717, 1.165) is 26.1 Å². The molecular formula is C16H31NO2. The number of ether oxygens (including phenoxy) is 1. The Morgan fingerprint density at radius 3 is 2.00 bits per heavy atom. The molecule has 0 aromatic heterocycles. The summed E-state index contributed by atoms with van der Waals surface area (Å²) >= 11 is 0.